The minimum atomic E-state index is -4.53. The molecule has 1 aromatic carbocycles. The molecule has 3 nitrogen and oxygen atoms in total. The molecule has 2 N–H and O–H groups in total. The normalized spacial score (nSPS) is 11.2. The summed E-state index contributed by atoms with van der Waals surface area (Å²) < 4.78 is 61.4. The number of carbonyl (C=O) groups excluding carboxylic acids is 1. The molecule has 0 aliphatic carbocycles. The number of amides is 1. The molecule has 1 amide bonds. The molecule has 0 atom stereocenters. The molecule has 0 spiro atoms. The molecular formula is C10H9F5N2O. The Morgan fingerprint density at radius 1 is 1.17 bits per heavy atom. The van der Waals surface area contributed by atoms with Crippen molar-refractivity contribution in [2.75, 3.05) is 18.4 Å². The number of nitrogens with one attached hydrogen (secondary N) is 2. The van der Waals surface area contributed by atoms with Crippen LogP contribution in [-0.2, 0) is 4.79 Å². The van der Waals surface area contributed by atoms with Crippen molar-refractivity contribution in [3.05, 3.63) is 29.8 Å². The summed E-state index contributed by atoms with van der Waals surface area (Å²) in [5.41, 5.74) is -0.556. The van der Waals surface area contributed by atoms with Gasteiger partial charge in [-0.05, 0) is 12.1 Å². The molecule has 0 aliphatic heterocycles. The zero-order valence-corrected chi connectivity index (χ0v) is 8.94. The Morgan fingerprint density at radius 2 is 1.72 bits per heavy atom. The molecule has 0 aromatic heterocycles. The van der Waals surface area contributed by atoms with Crippen LogP contribution in [0.3, 0.4) is 0 Å². The van der Waals surface area contributed by atoms with Crippen LogP contribution >= 0.6 is 0 Å². The maximum Gasteiger partial charge on any atom is 0.405 e. The van der Waals surface area contributed by atoms with Gasteiger partial charge in [0.05, 0.1) is 6.54 Å². The molecule has 1 rings (SSSR count). The van der Waals surface area contributed by atoms with E-state index in [0.717, 1.165) is 18.2 Å². The number of halogens is 5. The van der Waals surface area contributed by atoms with Gasteiger partial charge >= 0.3 is 6.18 Å². The topological polar surface area (TPSA) is 41.1 Å². The predicted octanol–water partition coefficient (Wildman–Crippen LogP) is 2.06. The Bertz CT molecular complexity index is 413. The Morgan fingerprint density at radius 3 is 2.22 bits per heavy atom. The van der Waals surface area contributed by atoms with Crippen LogP contribution in [0.25, 0.3) is 0 Å². The van der Waals surface area contributed by atoms with E-state index in [0.29, 0.717) is 0 Å². The van der Waals surface area contributed by atoms with Crippen LogP contribution in [0.1, 0.15) is 0 Å². The molecule has 0 bridgehead atoms. The van der Waals surface area contributed by atoms with E-state index in [4.69, 9.17) is 0 Å². The third-order valence-electron chi connectivity index (χ3n) is 1.87. The highest BCUT2D eigenvalue weighted by Gasteiger charge is 2.27. The van der Waals surface area contributed by atoms with E-state index in [-0.39, 0.29) is 0 Å². The molecule has 1 aromatic rings. The Hall–Kier alpha value is -1.86. The lowest BCUT2D eigenvalue weighted by atomic mass is 10.3. The maximum atomic E-state index is 13.1. The highest BCUT2D eigenvalue weighted by atomic mass is 19.4. The quantitative estimate of drug-likeness (QED) is 0.821. The number of anilines is 1. The molecule has 0 aliphatic rings. The first-order valence-corrected chi connectivity index (χ1v) is 4.81. The fourth-order valence-corrected chi connectivity index (χ4v) is 1.10. The number of alkyl halides is 3. The fourth-order valence-electron chi connectivity index (χ4n) is 1.10. The van der Waals surface area contributed by atoms with Gasteiger partial charge in [-0.3, -0.25) is 4.79 Å². The number of carbonyl (C=O) groups is 1. The monoisotopic (exact) mass is 268 g/mol. The summed E-state index contributed by atoms with van der Waals surface area (Å²) in [4.78, 5) is 11.0. The van der Waals surface area contributed by atoms with Gasteiger partial charge in [0.25, 0.3) is 0 Å². The minimum Gasteiger partial charge on any atom is -0.371 e. The third-order valence-corrected chi connectivity index (χ3v) is 1.87. The zero-order chi connectivity index (χ0) is 13.8. The average Bonchev–Trinajstić information content (AvgIpc) is 2.25. The highest BCUT2D eigenvalue weighted by molar-refractivity contribution is 5.80. The highest BCUT2D eigenvalue weighted by Crippen LogP contribution is 2.17. The van der Waals surface area contributed by atoms with Crippen molar-refractivity contribution < 1.29 is 26.7 Å². The molecule has 8 heteroatoms. The van der Waals surface area contributed by atoms with Crippen LogP contribution in [0.5, 0.6) is 0 Å². The third kappa shape index (κ3) is 4.56. The molecule has 0 radical (unpaired) electrons. The largest absolute Gasteiger partial charge is 0.405 e. The van der Waals surface area contributed by atoms with E-state index in [1.807, 2.05) is 0 Å². The molecule has 100 valence electrons. The second-order valence-corrected chi connectivity index (χ2v) is 3.34. The van der Waals surface area contributed by atoms with E-state index in [1.54, 1.807) is 5.32 Å². The van der Waals surface area contributed by atoms with Crippen molar-refractivity contribution in [1.29, 1.82) is 0 Å². The Kier molecular flexibility index (Phi) is 4.46. The van der Waals surface area contributed by atoms with Gasteiger partial charge in [0.1, 0.15) is 23.9 Å². The first kappa shape index (κ1) is 14.2. The maximum absolute atomic E-state index is 13.1. The van der Waals surface area contributed by atoms with E-state index in [1.165, 1.54) is 0 Å². The zero-order valence-electron chi connectivity index (χ0n) is 8.94. The van der Waals surface area contributed by atoms with Crippen LogP contribution in [-0.4, -0.2) is 25.2 Å². The smallest absolute Gasteiger partial charge is 0.371 e. The Balaban J connectivity index is 2.48. The number of benzene rings is 1. The van der Waals surface area contributed by atoms with Crippen molar-refractivity contribution in [3.8, 4) is 0 Å². The van der Waals surface area contributed by atoms with Gasteiger partial charge in [-0.2, -0.15) is 13.2 Å². The van der Waals surface area contributed by atoms with E-state index in [2.05, 4.69) is 5.32 Å². The van der Waals surface area contributed by atoms with Crippen LogP contribution in [0.4, 0.5) is 27.6 Å². The first-order valence-electron chi connectivity index (χ1n) is 4.81. The minimum absolute atomic E-state index is 0.556. The van der Waals surface area contributed by atoms with Gasteiger partial charge in [0, 0.05) is 0 Å². The molecule has 0 unspecified atom stereocenters. The van der Waals surface area contributed by atoms with Crippen molar-refractivity contribution >= 4 is 11.6 Å². The van der Waals surface area contributed by atoms with Crippen LogP contribution in [0, 0.1) is 11.6 Å². The SMILES string of the molecule is O=C(CNc1c(F)cccc1F)NCC(F)(F)F. The second kappa shape index (κ2) is 5.65. The van der Waals surface area contributed by atoms with Crippen molar-refractivity contribution in [2.45, 2.75) is 6.18 Å². The van der Waals surface area contributed by atoms with Crippen molar-refractivity contribution in [2.24, 2.45) is 0 Å². The number of hydrogen-bond donors (Lipinski definition) is 2. The standard InChI is InChI=1S/C10H9F5N2O/c11-6-2-1-3-7(12)9(6)16-4-8(18)17-5-10(13,14)15/h1-3,16H,4-5H2,(H,17,18). The van der Waals surface area contributed by atoms with Gasteiger partial charge in [-0.25, -0.2) is 8.78 Å². The summed E-state index contributed by atoms with van der Waals surface area (Å²) >= 11 is 0. The number of hydrogen-bond acceptors (Lipinski definition) is 2. The average molecular weight is 268 g/mol. The van der Waals surface area contributed by atoms with Gasteiger partial charge < -0.3 is 10.6 Å². The predicted molar refractivity (Wildman–Crippen MR) is 53.9 cm³/mol. The summed E-state index contributed by atoms with van der Waals surface area (Å²) in [5, 5.41) is 3.65. The van der Waals surface area contributed by atoms with Gasteiger partial charge in [0.15, 0.2) is 0 Å². The lowest BCUT2D eigenvalue weighted by Crippen LogP contribution is -2.37. The first-order chi connectivity index (χ1) is 8.29. The molecule has 0 fully saturated rings. The lowest BCUT2D eigenvalue weighted by molar-refractivity contribution is -0.137. The molecular weight excluding hydrogens is 259 g/mol. The molecule has 18 heavy (non-hydrogen) atoms. The van der Waals surface area contributed by atoms with Crippen LogP contribution < -0.4 is 10.6 Å². The van der Waals surface area contributed by atoms with E-state index < -0.39 is 42.5 Å². The fraction of sp³-hybridized carbons (Fsp3) is 0.300. The van der Waals surface area contributed by atoms with Crippen molar-refractivity contribution in [1.82, 2.24) is 5.32 Å². The number of rotatable bonds is 4. The summed E-state index contributed by atoms with van der Waals surface area (Å²) in [5.74, 6) is -2.88. The molecule has 0 saturated carbocycles. The summed E-state index contributed by atoms with van der Waals surface area (Å²) in [7, 11) is 0. The summed E-state index contributed by atoms with van der Waals surface area (Å²) in [6.07, 6.45) is -4.53. The lowest BCUT2D eigenvalue weighted by Gasteiger charge is -2.10. The summed E-state index contributed by atoms with van der Waals surface area (Å²) in [6.45, 7) is -2.15. The van der Waals surface area contributed by atoms with Crippen LogP contribution in [0.15, 0.2) is 18.2 Å². The van der Waals surface area contributed by atoms with E-state index >= 15 is 0 Å². The van der Waals surface area contributed by atoms with Crippen molar-refractivity contribution in [3.63, 3.8) is 0 Å². The van der Waals surface area contributed by atoms with Crippen LogP contribution in [0.2, 0.25) is 0 Å². The van der Waals surface area contributed by atoms with E-state index in [9.17, 15) is 26.7 Å². The summed E-state index contributed by atoms with van der Waals surface area (Å²) in [6, 6.07) is 3.04. The van der Waals surface area contributed by atoms with Gasteiger partial charge in [-0.1, -0.05) is 6.07 Å². The number of para-hydroxylation sites is 1. The Labute approximate surface area is 99.0 Å². The molecule has 0 saturated heterocycles. The molecule has 0 heterocycles. The van der Waals surface area contributed by atoms with Gasteiger partial charge in [-0.15, -0.1) is 0 Å². The van der Waals surface area contributed by atoms with Gasteiger partial charge in [0.2, 0.25) is 5.91 Å². The second-order valence-electron chi connectivity index (χ2n) is 3.34.